The highest BCUT2D eigenvalue weighted by Crippen LogP contribution is 2.35. The maximum Gasteiger partial charge on any atom is 0.270 e. The van der Waals surface area contributed by atoms with Crippen LogP contribution in [0.1, 0.15) is 50.0 Å². The summed E-state index contributed by atoms with van der Waals surface area (Å²) < 4.78 is 0.694. The van der Waals surface area contributed by atoms with E-state index in [0.717, 1.165) is 12.8 Å². The van der Waals surface area contributed by atoms with Gasteiger partial charge < -0.3 is 5.32 Å². The molecule has 3 nitrogen and oxygen atoms in total. The first kappa shape index (κ1) is 13.5. The van der Waals surface area contributed by atoms with E-state index in [9.17, 15) is 4.79 Å². The van der Waals surface area contributed by atoms with Gasteiger partial charge in [0.1, 0.15) is 10.3 Å². The van der Waals surface area contributed by atoms with Gasteiger partial charge in [-0.05, 0) is 59.2 Å². The first-order valence-electron chi connectivity index (χ1n) is 6.40. The molecule has 1 amide bonds. The molecule has 1 aromatic rings. The van der Waals surface area contributed by atoms with Crippen molar-refractivity contribution in [1.29, 1.82) is 0 Å². The number of carbonyl (C=O) groups excluding carboxylic acids is 1. The highest BCUT2D eigenvalue weighted by atomic mass is 79.9. The van der Waals surface area contributed by atoms with Crippen LogP contribution in [0, 0.1) is 5.41 Å². The molecule has 4 heteroatoms. The van der Waals surface area contributed by atoms with Crippen molar-refractivity contribution >= 4 is 21.8 Å². The summed E-state index contributed by atoms with van der Waals surface area (Å²) in [6, 6.07) is 5.69. The molecule has 2 rings (SSSR count). The molecule has 1 fully saturated rings. The molecule has 0 aliphatic heterocycles. The van der Waals surface area contributed by atoms with E-state index < -0.39 is 0 Å². The van der Waals surface area contributed by atoms with E-state index in [0.29, 0.717) is 21.8 Å². The van der Waals surface area contributed by atoms with E-state index in [-0.39, 0.29) is 5.91 Å². The van der Waals surface area contributed by atoms with Gasteiger partial charge in [0, 0.05) is 6.04 Å². The zero-order chi connectivity index (χ0) is 13.2. The van der Waals surface area contributed by atoms with Crippen molar-refractivity contribution in [3.05, 3.63) is 28.5 Å². The lowest BCUT2D eigenvalue weighted by Gasteiger charge is -2.34. The third-order valence-electron chi connectivity index (χ3n) is 3.62. The Hall–Kier alpha value is -0.900. The average molecular weight is 311 g/mol. The largest absolute Gasteiger partial charge is 0.348 e. The van der Waals surface area contributed by atoms with E-state index in [2.05, 4.69) is 40.1 Å². The summed E-state index contributed by atoms with van der Waals surface area (Å²) in [6.45, 7) is 4.59. The molecule has 1 aliphatic carbocycles. The fourth-order valence-electron chi connectivity index (χ4n) is 2.34. The van der Waals surface area contributed by atoms with Crippen LogP contribution in [0.15, 0.2) is 22.8 Å². The van der Waals surface area contributed by atoms with Crippen LogP contribution < -0.4 is 5.32 Å². The fraction of sp³-hybridized carbons (Fsp3) is 0.571. The minimum atomic E-state index is -0.0685. The van der Waals surface area contributed by atoms with Gasteiger partial charge in [0.25, 0.3) is 5.91 Å². The van der Waals surface area contributed by atoms with Crippen LogP contribution in [-0.2, 0) is 0 Å². The van der Waals surface area contributed by atoms with E-state index >= 15 is 0 Å². The predicted molar refractivity (Wildman–Crippen MR) is 75.4 cm³/mol. The zero-order valence-corrected chi connectivity index (χ0v) is 12.5. The standard InChI is InChI=1S/C14H19BrN2O/c1-14(2)8-6-10(7-9-14)16-13(18)11-4-3-5-12(15)17-11/h3-5,10H,6-9H2,1-2H3,(H,16,18). The van der Waals surface area contributed by atoms with Crippen molar-refractivity contribution in [2.75, 3.05) is 0 Å². The van der Waals surface area contributed by atoms with Crippen molar-refractivity contribution < 1.29 is 4.79 Å². The third kappa shape index (κ3) is 3.55. The average Bonchev–Trinajstić information content (AvgIpc) is 2.32. The smallest absolute Gasteiger partial charge is 0.270 e. The summed E-state index contributed by atoms with van der Waals surface area (Å²) in [6.07, 6.45) is 4.47. The summed E-state index contributed by atoms with van der Waals surface area (Å²) in [5.74, 6) is -0.0685. The molecule has 1 heterocycles. The molecule has 0 atom stereocenters. The molecule has 18 heavy (non-hydrogen) atoms. The number of hydrogen-bond acceptors (Lipinski definition) is 2. The monoisotopic (exact) mass is 310 g/mol. The molecule has 98 valence electrons. The van der Waals surface area contributed by atoms with Gasteiger partial charge in [0.15, 0.2) is 0 Å². The van der Waals surface area contributed by atoms with Gasteiger partial charge in [-0.3, -0.25) is 4.79 Å². The third-order valence-corrected chi connectivity index (χ3v) is 4.06. The molecular weight excluding hydrogens is 292 g/mol. The summed E-state index contributed by atoms with van der Waals surface area (Å²) in [7, 11) is 0. The maximum atomic E-state index is 12.0. The molecule has 0 spiro atoms. The molecule has 0 saturated heterocycles. The van der Waals surface area contributed by atoms with E-state index in [1.54, 1.807) is 6.07 Å². The van der Waals surface area contributed by atoms with Gasteiger partial charge in [-0.1, -0.05) is 19.9 Å². The molecule has 0 unspecified atom stereocenters. The Morgan fingerprint density at radius 3 is 2.67 bits per heavy atom. The number of aromatic nitrogens is 1. The van der Waals surface area contributed by atoms with Gasteiger partial charge in [0.2, 0.25) is 0 Å². The Morgan fingerprint density at radius 1 is 1.39 bits per heavy atom. The van der Waals surface area contributed by atoms with Gasteiger partial charge in [-0.25, -0.2) is 4.98 Å². The minimum absolute atomic E-state index is 0.0685. The van der Waals surface area contributed by atoms with Gasteiger partial charge in [-0.15, -0.1) is 0 Å². The number of carbonyl (C=O) groups is 1. The highest BCUT2D eigenvalue weighted by molar-refractivity contribution is 9.10. The van der Waals surface area contributed by atoms with Gasteiger partial charge in [0.05, 0.1) is 0 Å². The first-order chi connectivity index (χ1) is 8.46. The van der Waals surface area contributed by atoms with Crippen LogP contribution in [-0.4, -0.2) is 16.9 Å². The molecule has 1 N–H and O–H groups in total. The Balaban J connectivity index is 1.93. The quantitative estimate of drug-likeness (QED) is 0.849. The lowest BCUT2D eigenvalue weighted by atomic mass is 9.75. The Morgan fingerprint density at radius 2 is 2.06 bits per heavy atom. The molecule has 1 aliphatic rings. The SMILES string of the molecule is CC1(C)CCC(NC(=O)c2cccc(Br)n2)CC1. The zero-order valence-electron chi connectivity index (χ0n) is 10.9. The van der Waals surface area contributed by atoms with Crippen LogP contribution in [0.5, 0.6) is 0 Å². The summed E-state index contributed by atoms with van der Waals surface area (Å²) in [5, 5.41) is 3.08. The number of hydrogen-bond donors (Lipinski definition) is 1. The Bertz CT molecular complexity index is 435. The van der Waals surface area contributed by atoms with Gasteiger partial charge >= 0.3 is 0 Å². The lowest BCUT2D eigenvalue weighted by molar-refractivity contribution is 0.0904. The number of rotatable bonds is 2. The maximum absolute atomic E-state index is 12.0. The number of nitrogens with one attached hydrogen (secondary N) is 1. The van der Waals surface area contributed by atoms with Gasteiger partial charge in [-0.2, -0.15) is 0 Å². The number of halogens is 1. The number of nitrogens with zero attached hydrogens (tertiary/aromatic N) is 1. The highest BCUT2D eigenvalue weighted by Gasteiger charge is 2.27. The van der Waals surface area contributed by atoms with Crippen molar-refractivity contribution in [3.8, 4) is 0 Å². The van der Waals surface area contributed by atoms with Crippen LogP contribution in [0.3, 0.4) is 0 Å². The summed E-state index contributed by atoms with van der Waals surface area (Å²) in [4.78, 5) is 16.2. The van der Waals surface area contributed by atoms with Crippen LogP contribution in [0.25, 0.3) is 0 Å². The molecule has 0 aromatic carbocycles. The Labute approximate surface area is 117 Å². The lowest BCUT2D eigenvalue weighted by Crippen LogP contribution is -2.39. The molecule has 0 radical (unpaired) electrons. The molecule has 1 aromatic heterocycles. The fourth-order valence-corrected chi connectivity index (χ4v) is 2.68. The van der Waals surface area contributed by atoms with Crippen LogP contribution in [0.2, 0.25) is 0 Å². The molecule has 1 saturated carbocycles. The number of amides is 1. The van der Waals surface area contributed by atoms with Crippen LogP contribution in [0.4, 0.5) is 0 Å². The van der Waals surface area contributed by atoms with Crippen molar-refractivity contribution in [1.82, 2.24) is 10.3 Å². The second-order valence-electron chi connectivity index (χ2n) is 5.76. The summed E-state index contributed by atoms with van der Waals surface area (Å²) >= 11 is 3.28. The minimum Gasteiger partial charge on any atom is -0.348 e. The molecule has 0 bridgehead atoms. The summed E-state index contributed by atoms with van der Waals surface area (Å²) in [5.41, 5.74) is 0.907. The van der Waals surface area contributed by atoms with Crippen molar-refractivity contribution in [2.24, 2.45) is 5.41 Å². The normalized spacial score (nSPS) is 19.5. The van der Waals surface area contributed by atoms with E-state index in [1.807, 2.05) is 12.1 Å². The predicted octanol–water partition coefficient (Wildman–Crippen LogP) is 3.54. The second-order valence-corrected chi connectivity index (χ2v) is 6.57. The first-order valence-corrected chi connectivity index (χ1v) is 7.19. The van der Waals surface area contributed by atoms with Crippen LogP contribution >= 0.6 is 15.9 Å². The number of pyridine rings is 1. The second kappa shape index (κ2) is 5.39. The Kier molecular flexibility index (Phi) is 4.05. The molecular formula is C14H19BrN2O. The van der Waals surface area contributed by atoms with E-state index in [4.69, 9.17) is 0 Å². The van der Waals surface area contributed by atoms with Crippen molar-refractivity contribution in [3.63, 3.8) is 0 Å². The topological polar surface area (TPSA) is 42.0 Å². The van der Waals surface area contributed by atoms with E-state index in [1.165, 1.54) is 12.8 Å². The van der Waals surface area contributed by atoms with Crippen molar-refractivity contribution in [2.45, 2.75) is 45.6 Å².